The Kier molecular flexibility index (Phi) is 4.52. The Morgan fingerprint density at radius 3 is 2.90 bits per heavy atom. The number of rotatable bonds is 5. The van der Waals surface area contributed by atoms with E-state index in [4.69, 9.17) is 14.6 Å². The molecule has 1 N–H and O–H groups in total. The summed E-state index contributed by atoms with van der Waals surface area (Å²) < 4.78 is 11.3. The first-order valence-corrected chi connectivity index (χ1v) is 6.39. The largest absolute Gasteiger partial charge is 0.497 e. The highest BCUT2D eigenvalue weighted by molar-refractivity contribution is 9.10. The number of benzene rings is 1. The molecule has 0 unspecified atom stereocenters. The number of carbonyl (C=O) groups is 1. The van der Waals surface area contributed by atoms with Gasteiger partial charge in [-0.25, -0.2) is 14.8 Å². The van der Waals surface area contributed by atoms with Crippen LogP contribution in [0.4, 0.5) is 0 Å². The minimum atomic E-state index is -1.09. The molecule has 7 heteroatoms. The van der Waals surface area contributed by atoms with Gasteiger partial charge in [-0.15, -0.1) is 0 Å². The number of carboxylic acid groups (broad SMARTS) is 1. The van der Waals surface area contributed by atoms with Crippen molar-refractivity contribution < 1.29 is 19.4 Å². The van der Waals surface area contributed by atoms with Crippen LogP contribution >= 0.6 is 15.9 Å². The summed E-state index contributed by atoms with van der Waals surface area (Å²) in [6, 6.07) is 5.23. The van der Waals surface area contributed by atoms with Crippen molar-refractivity contribution >= 4 is 21.9 Å². The molecule has 6 nitrogen and oxygen atoms in total. The van der Waals surface area contributed by atoms with Crippen molar-refractivity contribution in [2.45, 2.75) is 6.61 Å². The quantitative estimate of drug-likeness (QED) is 0.902. The normalized spacial score (nSPS) is 10.1. The van der Waals surface area contributed by atoms with E-state index in [1.165, 1.54) is 12.5 Å². The van der Waals surface area contributed by atoms with Gasteiger partial charge in [0.25, 0.3) is 0 Å². The number of carboxylic acids is 1. The number of halogens is 1. The number of aromatic carboxylic acids is 1. The predicted molar refractivity (Wildman–Crippen MR) is 74.0 cm³/mol. The molecule has 0 radical (unpaired) electrons. The average molecular weight is 339 g/mol. The summed E-state index contributed by atoms with van der Waals surface area (Å²) in [7, 11) is 1.57. The maximum absolute atomic E-state index is 11.0. The van der Waals surface area contributed by atoms with Crippen molar-refractivity contribution in [1.82, 2.24) is 9.97 Å². The summed E-state index contributed by atoms with van der Waals surface area (Å²) in [6.07, 6.45) is 2.53. The highest BCUT2D eigenvalue weighted by Crippen LogP contribution is 2.29. The predicted octanol–water partition coefficient (Wildman–Crippen LogP) is 2.52. The molecule has 0 aliphatic rings. The summed E-state index contributed by atoms with van der Waals surface area (Å²) in [5.74, 6) is 0.177. The van der Waals surface area contributed by atoms with Crippen LogP contribution in [-0.2, 0) is 6.61 Å². The van der Waals surface area contributed by atoms with Gasteiger partial charge in [0.05, 0.1) is 17.3 Å². The van der Waals surface area contributed by atoms with E-state index in [0.29, 0.717) is 21.7 Å². The summed E-state index contributed by atoms with van der Waals surface area (Å²) in [4.78, 5) is 18.6. The van der Waals surface area contributed by atoms with Gasteiger partial charge in [0, 0.05) is 6.20 Å². The van der Waals surface area contributed by atoms with Gasteiger partial charge in [-0.1, -0.05) is 0 Å². The molecule has 0 spiro atoms. The first kappa shape index (κ1) is 14.3. The summed E-state index contributed by atoms with van der Waals surface area (Å²) in [5, 5.41) is 9.02. The van der Waals surface area contributed by atoms with Crippen LogP contribution in [0.1, 0.15) is 16.1 Å². The number of hydrogen-bond acceptors (Lipinski definition) is 5. The SMILES string of the molecule is COc1ccc(OCc2ncncc2C(=O)O)c(Br)c1. The molecular formula is C13H11BrN2O4. The Hall–Kier alpha value is -2.15. The molecule has 0 atom stereocenters. The lowest BCUT2D eigenvalue weighted by molar-refractivity contribution is 0.0692. The van der Waals surface area contributed by atoms with E-state index >= 15 is 0 Å². The fourth-order valence-electron chi connectivity index (χ4n) is 1.52. The monoisotopic (exact) mass is 338 g/mol. The highest BCUT2D eigenvalue weighted by atomic mass is 79.9. The minimum absolute atomic E-state index is 0.0251. The van der Waals surface area contributed by atoms with Gasteiger partial charge in [0.2, 0.25) is 0 Å². The lowest BCUT2D eigenvalue weighted by Crippen LogP contribution is -2.08. The standard InChI is InChI=1S/C13H11BrN2O4/c1-19-8-2-3-12(10(14)4-8)20-6-11-9(13(17)18)5-15-7-16-11/h2-5,7H,6H2,1H3,(H,17,18). The summed E-state index contributed by atoms with van der Waals surface area (Å²) >= 11 is 3.35. The van der Waals surface area contributed by atoms with Crippen LogP contribution in [0.2, 0.25) is 0 Å². The lowest BCUT2D eigenvalue weighted by atomic mass is 10.2. The number of methoxy groups -OCH3 is 1. The molecule has 0 fully saturated rings. The van der Waals surface area contributed by atoms with Crippen molar-refractivity contribution in [3.63, 3.8) is 0 Å². The molecule has 1 heterocycles. The van der Waals surface area contributed by atoms with Crippen molar-refractivity contribution in [2.24, 2.45) is 0 Å². The van der Waals surface area contributed by atoms with Gasteiger partial charge in [0.1, 0.15) is 30.0 Å². The molecule has 0 saturated heterocycles. The minimum Gasteiger partial charge on any atom is -0.497 e. The van der Waals surface area contributed by atoms with Crippen LogP contribution in [0.15, 0.2) is 35.2 Å². The smallest absolute Gasteiger partial charge is 0.339 e. The zero-order valence-electron chi connectivity index (χ0n) is 10.5. The van der Waals surface area contributed by atoms with Crippen LogP contribution in [0.25, 0.3) is 0 Å². The first-order valence-electron chi connectivity index (χ1n) is 5.60. The Labute approximate surface area is 123 Å². The Bertz CT molecular complexity index is 634. The van der Waals surface area contributed by atoms with Gasteiger partial charge in [0.15, 0.2) is 0 Å². The van der Waals surface area contributed by atoms with Gasteiger partial charge in [-0.3, -0.25) is 0 Å². The first-order chi connectivity index (χ1) is 9.61. The van der Waals surface area contributed by atoms with Crippen LogP contribution in [0, 0.1) is 0 Å². The van der Waals surface area contributed by atoms with Crippen LogP contribution < -0.4 is 9.47 Å². The third kappa shape index (κ3) is 3.24. The average Bonchev–Trinajstić information content (AvgIpc) is 2.46. The molecule has 1 aromatic carbocycles. The van der Waals surface area contributed by atoms with E-state index in [0.717, 1.165) is 0 Å². The van der Waals surface area contributed by atoms with E-state index in [9.17, 15) is 4.79 Å². The number of aromatic nitrogens is 2. The van der Waals surface area contributed by atoms with Gasteiger partial charge in [-0.05, 0) is 34.1 Å². The Balaban J connectivity index is 2.15. The summed E-state index contributed by atoms with van der Waals surface area (Å²) in [6.45, 7) is 0.0368. The molecular weight excluding hydrogens is 328 g/mol. The van der Waals surface area contributed by atoms with Crippen LogP contribution in [-0.4, -0.2) is 28.2 Å². The fourth-order valence-corrected chi connectivity index (χ4v) is 1.99. The van der Waals surface area contributed by atoms with Gasteiger partial charge < -0.3 is 14.6 Å². The van der Waals surface area contributed by atoms with E-state index in [1.807, 2.05) is 0 Å². The summed E-state index contributed by atoms with van der Waals surface area (Å²) in [5.41, 5.74) is 0.340. The lowest BCUT2D eigenvalue weighted by Gasteiger charge is -2.10. The molecule has 0 amide bonds. The molecule has 0 saturated carbocycles. The van der Waals surface area contributed by atoms with E-state index in [1.54, 1.807) is 25.3 Å². The molecule has 2 aromatic rings. The highest BCUT2D eigenvalue weighted by Gasteiger charge is 2.12. The van der Waals surface area contributed by atoms with E-state index in [-0.39, 0.29) is 12.2 Å². The second-order valence-electron chi connectivity index (χ2n) is 3.77. The van der Waals surface area contributed by atoms with E-state index in [2.05, 4.69) is 25.9 Å². The van der Waals surface area contributed by atoms with Crippen molar-refractivity contribution in [1.29, 1.82) is 0 Å². The van der Waals surface area contributed by atoms with Crippen molar-refractivity contribution in [3.05, 3.63) is 46.5 Å². The molecule has 0 aliphatic carbocycles. The fraction of sp³-hybridized carbons (Fsp3) is 0.154. The van der Waals surface area contributed by atoms with Crippen molar-refractivity contribution in [3.8, 4) is 11.5 Å². The molecule has 2 rings (SSSR count). The second kappa shape index (κ2) is 6.33. The number of ether oxygens (including phenoxy) is 2. The molecule has 0 bridgehead atoms. The molecule has 104 valence electrons. The van der Waals surface area contributed by atoms with Gasteiger partial charge >= 0.3 is 5.97 Å². The van der Waals surface area contributed by atoms with Crippen molar-refractivity contribution in [2.75, 3.05) is 7.11 Å². The second-order valence-corrected chi connectivity index (χ2v) is 4.63. The molecule has 0 aliphatic heterocycles. The van der Waals surface area contributed by atoms with Crippen LogP contribution in [0.5, 0.6) is 11.5 Å². The zero-order chi connectivity index (χ0) is 14.5. The third-order valence-electron chi connectivity index (χ3n) is 2.53. The van der Waals surface area contributed by atoms with E-state index < -0.39 is 5.97 Å². The number of nitrogens with zero attached hydrogens (tertiary/aromatic N) is 2. The Morgan fingerprint density at radius 1 is 1.45 bits per heavy atom. The zero-order valence-corrected chi connectivity index (χ0v) is 12.1. The molecule has 20 heavy (non-hydrogen) atoms. The van der Waals surface area contributed by atoms with Crippen LogP contribution in [0.3, 0.4) is 0 Å². The number of hydrogen-bond donors (Lipinski definition) is 1. The third-order valence-corrected chi connectivity index (χ3v) is 3.15. The maximum atomic E-state index is 11.0. The Morgan fingerprint density at radius 2 is 2.25 bits per heavy atom. The maximum Gasteiger partial charge on any atom is 0.339 e. The van der Waals surface area contributed by atoms with Gasteiger partial charge in [-0.2, -0.15) is 0 Å². The molecule has 1 aromatic heterocycles. The topological polar surface area (TPSA) is 81.5 Å².